The number of hydrogen-bond donors (Lipinski definition) is 1. The average molecular weight is 201 g/mol. The molecule has 15 heavy (non-hydrogen) atoms. The molecule has 0 aliphatic heterocycles. The molecule has 0 spiro atoms. The lowest BCUT2D eigenvalue weighted by Crippen LogP contribution is -1.93. The molecule has 80 valence electrons. The predicted octanol–water partition coefficient (Wildman–Crippen LogP) is 3.65. The fourth-order valence-electron chi connectivity index (χ4n) is 1.16. The van der Waals surface area contributed by atoms with E-state index in [-0.39, 0.29) is 0 Å². The van der Waals surface area contributed by atoms with Crippen molar-refractivity contribution in [2.45, 2.75) is 13.8 Å². The summed E-state index contributed by atoms with van der Waals surface area (Å²) >= 11 is 0. The molecule has 0 aromatic heterocycles. The SMILES string of the molecule is C=C/C=C(\C=C/C)C(/C=C\C)=C/C(=C)N. The third-order valence-electron chi connectivity index (χ3n) is 1.66. The van der Waals surface area contributed by atoms with Gasteiger partial charge in [0.05, 0.1) is 0 Å². The largest absolute Gasteiger partial charge is 0.399 e. The molecule has 0 radical (unpaired) electrons. The van der Waals surface area contributed by atoms with E-state index < -0.39 is 0 Å². The molecule has 0 saturated heterocycles. The molecule has 0 atom stereocenters. The Kier molecular flexibility index (Phi) is 6.73. The predicted molar refractivity (Wildman–Crippen MR) is 69.3 cm³/mol. The van der Waals surface area contributed by atoms with Gasteiger partial charge in [0.1, 0.15) is 0 Å². The molecule has 0 aliphatic rings. The lowest BCUT2D eigenvalue weighted by molar-refractivity contribution is 1.40. The molecule has 0 heterocycles. The zero-order valence-corrected chi connectivity index (χ0v) is 9.53. The Labute approximate surface area is 92.7 Å². The Hall–Kier alpha value is -1.76. The number of allylic oxidation sites excluding steroid dienone is 9. The lowest BCUT2D eigenvalue weighted by atomic mass is 10.0. The van der Waals surface area contributed by atoms with Crippen molar-refractivity contribution in [2.75, 3.05) is 0 Å². The van der Waals surface area contributed by atoms with Crippen molar-refractivity contribution in [1.82, 2.24) is 0 Å². The van der Waals surface area contributed by atoms with Gasteiger partial charge in [0.2, 0.25) is 0 Å². The summed E-state index contributed by atoms with van der Waals surface area (Å²) in [5, 5.41) is 0. The van der Waals surface area contributed by atoms with Crippen LogP contribution < -0.4 is 5.73 Å². The topological polar surface area (TPSA) is 26.0 Å². The normalized spacial score (nSPS) is 13.7. The fraction of sp³-hybridized carbons (Fsp3) is 0.143. The highest BCUT2D eigenvalue weighted by Crippen LogP contribution is 2.14. The summed E-state index contributed by atoms with van der Waals surface area (Å²) in [7, 11) is 0. The molecule has 0 amide bonds. The van der Waals surface area contributed by atoms with Crippen LogP contribution in [0.4, 0.5) is 0 Å². The van der Waals surface area contributed by atoms with Crippen LogP contribution >= 0.6 is 0 Å². The van der Waals surface area contributed by atoms with Crippen LogP contribution in [0, 0.1) is 0 Å². The minimum Gasteiger partial charge on any atom is -0.399 e. The summed E-state index contributed by atoms with van der Waals surface area (Å²) in [6.45, 7) is 11.3. The van der Waals surface area contributed by atoms with Gasteiger partial charge in [0.25, 0.3) is 0 Å². The van der Waals surface area contributed by atoms with Crippen molar-refractivity contribution < 1.29 is 0 Å². The van der Waals surface area contributed by atoms with E-state index in [1.54, 1.807) is 6.08 Å². The molecule has 0 aromatic carbocycles. The molecule has 0 fully saturated rings. The van der Waals surface area contributed by atoms with Gasteiger partial charge < -0.3 is 5.73 Å². The second-order valence-electron chi connectivity index (χ2n) is 3.03. The van der Waals surface area contributed by atoms with E-state index in [0.717, 1.165) is 11.1 Å². The average Bonchev–Trinajstić information content (AvgIpc) is 2.16. The molecule has 2 N–H and O–H groups in total. The van der Waals surface area contributed by atoms with Crippen molar-refractivity contribution in [3.63, 3.8) is 0 Å². The standard InChI is InChI=1S/C14H19N/c1-5-8-13(9-6-2)14(10-7-3)11-12(4)15/h5-11H,1,4,15H2,2-3H3/b9-6-,10-7-,13-8+,14-11+. The van der Waals surface area contributed by atoms with Crippen LogP contribution in [0.3, 0.4) is 0 Å². The van der Waals surface area contributed by atoms with Crippen molar-refractivity contribution >= 4 is 0 Å². The van der Waals surface area contributed by atoms with Gasteiger partial charge in [0, 0.05) is 5.70 Å². The van der Waals surface area contributed by atoms with Crippen LogP contribution in [-0.2, 0) is 0 Å². The molecule has 0 bridgehead atoms. The van der Waals surface area contributed by atoms with Crippen LogP contribution in [0.25, 0.3) is 0 Å². The van der Waals surface area contributed by atoms with Gasteiger partial charge in [-0.3, -0.25) is 0 Å². The highest BCUT2D eigenvalue weighted by Gasteiger charge is 1.96. The van der Waals surface area contributed by atoms with E-state index in [1.165, 1.54) is 0 Å². The van der Waals surface area contributed by atoms with Crippen LogP contribution in [-0.4, -0.2) is 0 Å². The van der Waals surface area contributed by atoms with Gasteiger partial charge in [-0.05, 0) is 31.1 Å². The maximum atomic E-state index is 5.57. The van der Waals surface area contributed by atoms with E-state index in [1.807, 2.05) is 50.3 Å². The second kappa shape index (κ2) is 7.63. The highest BCUT2D eigenvalue weighted by atomic mass is 14.5. The van der Waals surface area contributed by atoms with Crippen molar-refractivity contribution in [1.29, 1.82) is 0 Å². The highest BCUT2D eigenvalue weighted by molar-refractivity contribution is 5.49. The van der Waals surface area contributed by atoms with Gasteiger partial charge in [-0.15, -0.1) is 0 Å². The molecule has 0 saturated carbocycles. The molecule has 0 rings (SSSR count). The van der Waals surface area contributed by atoms with E-state index >= 15 is 0 Å². The molecule has 0 unspecified atom stereocenters. The van der Waals surface area contributed by atoms with Crippen LogP contribution in [0.1, 0.15) is 13.8 Å². The van der Waals surface area contributed by atoms with Gasteiger partial charge in [-0.1, -0.05) is 49.6 Å². The summed E-state index contributed by atoms with van der Waals surface area (Å²) in [6.07, 6.45) is 13.5. The maximum absolute atomic E-state index is 5.57. The summed E-state index contributed by atoms with van der Waals surface area (Å²) in [4.78, 5) is 0. The first-order valence-electron chi connectivity index (χ1n) is 4.90. The zero-order valence-electron chi connectivity index (χ0n) is 9.53. The first kappa shape index (κ1) is 13.2. The van der Waals surface area contributed by atoms with E-state index in [9.17, 15) is 0 Å². The van der Waals surface area contributed by atoms with Gasteiger partial charge in [0.15, 0.2) is 0 Å². The first-order valence-corrected chi connectivity index (χ1v) is 4.90. The summed E-state index contributed by atoms with van der Waals surface area (Å²) in [6, 6.07) is 0. The number of hydrogen-bond acceptors (Lipinski definition) is 1. The van der Waals surface area contributed by atoms with E-state index in [2.05, 4.69) is 13.2 Å². The molecular formula is C14H19N. The Balaban J connectivity index is 5.28. The van der Waals surface area contributed by atoms with Gasteiger partial charge in [-0.2, -0.15) is 0 Å². The van der Waals surface area contributed by atoms with Crippen molar-refractivity contribution in [3.8, 4) is 0 Å². The summed E-state index contributed by atoms with van der Waals surface area (Å²) in [5.41, 5.74) is 8.21. The third-order valence-corrected chi connectivity index (χ3v) is 1.66. The Morgan fingerprint density at radius 2 is 1.60 bits per heavy atom. The molecular weight excluding hydrogens is 182 g/mol. The minimum absolute atomic E-state index is 0.544. The van der Waals surface area contributed by atoms with Crippen molar-refractivity contribution in [3.05, 3.63) is 72.5 Å². The van der Waals surface area contributed by atoms with Gasteiger partial charge in [-0.25, -0.2) is 0 Å². The van der Waals surface area contributed by atoms with Crippen LogP contribution in [0.5, 0.6) is 0 Å². The third kappa shape index (κ3) is 5.53. The zero-order chi connectivity index (χ0) is 11.7. The van der Waals surface area contributed by atoms with Crippen LogP contribution in [0.2, 0.25) is 0 Å². The lowest BCUT2D eigenvalue weighted by Gasteiger charge is -2.03. The molecule has 0 aromatic rings. The summed E-state index contributed by atoms with van der Waals surface area (Å²) < 4.78 is 0. The Morgan fingerprint density at radius 3 is 2.00 bits per heavy atom. The Bertz CT molecular complexity index is 338. The maximum Gasteiger partial charge on any atom is 0.0247 e. The number of nitrogens with two attached hydrogens (primary N) is 1. The number of rotatable bonds is 5. The molecule has 1 nitrogen and oxygen atoms in total. The smallest absolute Gasteiger partial charge is 0.0247 e. The monoisotopic (exact) mass is 201 g/mol. The van der Waals surface area contributed by atoms with E-state index in [4.69, 9.17) is 5.73 Å². The Morgan fingerprint density at radius 1 is 1.07 bits per heavy atom. The van der Waals surface area contributed by atoms with E-state index in [0.29, 0.717) is 5.70 Å². The first-order chi connectivity index (χ1) is 7.15. The molecule has 1 heteroatoms. The fourth-order valence-corrected chi connectivity index (χ4v) is 1.16. The van der Waals surface area contributed by atoms with Crippen LogP contribution in [0.15, 0.2) is 72.5 Å². The quantitative estimate of drug-likeness (QED) is 0.675. The second-order valence-corrected chi connectivity index (χ2v) is 3.03. The van der Waals surface area contributed by atoms with Gasteiger partial charge >= 0.3 is 0 Å². The minimum atomic E-state index is 0.544. The van der Waals surface area contributed by atoms with Crippen molar-refractivity contribution in [2.24, 2.45) is 5.73 Å². The molecule has 0 aliphatic carbocycles. The summed E-state index contributed by atoms with van der Waals surface area (Å²) in [5.74, 6) is 0.